The van der Waals surface area contributed by atoms with E-state index in [4.69, 9.17) is 11.0 Å². The number of allylic oxidation sites excluding steroid dienone is 1. The lowest BCUT2D eigenvalue weighted by Crippen LogP contribution is -1.89. The summed E-state index contributed by atoms with van der Waals surface area (Å²) in [5.74, 6) is 0. The summed E-state index contributed by atoms with van der Waals surface area (Å²) >= 11 is 0. The van der Waals surface area contributed by atoms with Gasteiger partial charge in [0.25, 0.3) is 0 Å². The lowest BCUT2D eigenvalue weighted by atomic mass is 10.2. The Hall–Kier alpha value is -1.30. The monoisotopic (exact) mass is 123 g/mol. The molecule has 0 bridgehead atoms. The van der Waals surface area contributed by atoms with Crippen LogP contribution < -0.4 is 5.73 Å². The number of nitriles is 1. The molecular weight excluding hydrogens is 114 g/mol. The Morgan fingerprint density at radius 1 is 1.89 bits per heavy atom. The summed E-state index contributed by atoms with van der Waals surface area (Å²) in [6.07, 6.45) is 3.28. The van der Waals surface area contributed by atoms with Gasteiger partial charge in [-0.05, 0) is 11.8 Å². The minimum absolute atomic E-state index is 0.327. The van der Waals surface area contributed by atoms with Crippen molar-refractivity contribution in [3.8, 4) is 6.07 Å². The Labute approximate surface area is 54.5 Å². The molecule has 0 heterocycles. The van der Waals surface area contributed by atoms with Crippen LogP contribution in [0.25, 0.3) is 0 Å². The highest BCUT2D eigenvalue weighted by atomic mass is 14.6. The van der Waals surface area contributed by atoms with E-state index in [9.17, 15) is 0 Å². The number of rotatable bonds is 2. The molecule has 9 heavy (non-hydrogen) atoms. The van der Waals surface area contributed by atoms with Crippen molar-refractivity contribution in [1.82, 2.24) is 0 Å². The van der Waals surface area contributed by atoms with Crippen molar-refractivity contribution < 1.29 is 0 Å². The summed E-state index contributed by atoms with van der Waals surface area (Å²) in [6, 6.07) is 1.96. The van der Waals surface area contributed by atoms with Gasteiger partial charge < -0.3 is 5.73 Å². The molecule has 0 unspecified atom stereocenters. The molecule has 0 spiro atoms. The van der Waals surface area contributed by atoms with Gasteiger partial charge in [-0.15, -0.1) is 0 Å². The third-order valence-electron chi connectivity index (χ3n) is 0.792. The molecular formula is C6H9N3. The summed E-state index contributed by atoms with van der Waals surface area (Å²) in [7, 11) is 1.64. The van der Waals surface area contributed by atoms with Crippen molar-refractivity contribution in [2.45, 2.75) is 6.42 Å². The highest BCUT2D eigenvalue weighted by molar-refractivity contribution is 5.78. The van der Waals surface area contributed by atoms with Gasteiger partial charge in [-0.2, -0.15) is 5.26 Å². The second-order valence-corrected chi connectivity index (χ2v) is 1.46. The first-order valence-corrected chi connectivity index (χ1v) is 2.55. The molecule has 0 saturated heterocycles. The maximum absolute atomic E-state index is 8.19. The van der Waals surface area contributed by atoms with E-state index in [0.717, 1.165) is 5.57 Å². The molecule has 0 aromatic rings. The molecule has 3 nitrogen and oxygen atoms in total. The molecule has 3 heteroatoms. The maximum Gasteiger partial charge on any atom is 0.0670 e. The van der Waals surface area contributed by atoms with E-state index in [1.807, 2.05) is 6.07 Å². The minimum atomic E-state index is 0.327. The zero-order valence-electron chi connectivity index (χ0n) is 5.33. The second kappa shape index (κ2) is 4.85. The average molecular weight is 123 g/mol. The Morgan fingerprint density at radius 2 is 2.56 bits per heavy atom. The number of nitrogens with two attached hydrogens (primary N) is 1. The quantitative estimate of drug-likeness (QED) is 0.541. The Kier molecular flexibility index (Phi) is 4.15. The first kappa shape index (κ1) is 7.70. The summed E-state index contributed by atoms with van der Waals surface area (Å²) in [5.41, 5.74) is 5.89. The normalized spacial score (nSPS) is 11.8. The zero-order chi connectivity index (χ0) is 7.11. The number of hydrogen-bond donors (Lipinski definition) is 1. The topological polar surface area (TPSA) is 62.2 Å². The van der Waals surface area contributed by atoms with Gasteiger partial charge in [-0.1, -0.05) is 0 Å². The van der Waals surface area contributed by atoms with Gasteiger partial charge in [0.1, 0.15) is 0 Å². The van der Waals surface area contributed by atoms with E-state index >= 15 is 0 Å². The molecule has 0 aromatic carbocycles. The number of nitrogens with zero attached hydrogens (tertiary/aromatic N) is 2. The van der Waals surface area contributed by atoms with Crippen molar-refractivity contribution in [2.75, 3.05) is 7.05 Å². The van der Waals surface area contributed by atoms with Crippen LogP contribution in [0.3, 0.4) is 0 Å². The van der Waals surface area contributed by atoms with Gasteiger partial charge in [0.05, 0.1) is 12.5 Å². The fourth-order valence-electron chi connectivity index (χ4n) is 0.405. The van der Waals surface area contributed by atoms with Crippen LogP contribution in [0.15, 0.2) is 16.8 Å². The van der Waals surface area contributed by atoms with E-state index in [-0.39, 0.29) is 0 Å². The van der Waals surface area contributed by atoms with Crippen molar-refractivity contribution in [1.29, 1.82) is 5.26 Å². The van der Waals surface area contributed by atoms with E-state index < -0.39 is 0 Å². The van der Waals surface area contributed by atoms with Crippen LogP contribution in [0.1, 0.15) is 6.42 Å². The second-order valence-electron chi connectivity index (χ2n) is 1.46. The molecule has 0 radical (unpaired) electrons. The summed E-state index contributed by atoms with van der Waals surface area (Å²) in [6.45, 7) is 0. The molecule has 0 aliphatic carbocycles. The molecule has 2 N–H and O–H groups in total. The SMILES string of the molecule is CN=C/C(=C\N)CC#N. The predicted octanol–water partition coefficient (Wildman–Crippen LogP) is 0.443. The molecule has 0 atom stereocenters. The third-order valence-corrected chi connectivity index (χ3v) is 0.792. The molecule has 0 aliphatic rings. The molecule has 0 saturated carbocycles. The number of hydrogen-bond acceptors (Lipinski definition) is 3. The lowest BCUT2D eigenvalue weighted by Gasteiger charge is -1.87. The highest BCUT2D eigenvalue weighted by Gasteiger charge is 1.86. The van der Waals surface area contributed by atoms with E-state index in [1.165, 1.54) is 6.20 Å². The van der Waals surface area contributed by atoms with Crippen LogP contribution in [-0.2, 0) is 0 Å². The zero-order valence-corrected chi connectivity index (χ0v) is 5.33. The average Bonchev–Trinajstić information content (AvgIpc) is 1.88. The van der Waals surface area contributed by atoms with Gasteiger partial charge >= 0.3 is 0 Å². The third kappa shape index (κ3) is 3.30. The Bertz CT molecular complexity index is 162. The predicted molar refractivity (Wildman–Crippen MR) is 36.9 cm³/mol. The first-order chi connectivity index (χ1) is 4.35. The number of aliphatic imine (C=N–C) groups is 1. The van der Waals surface area contributed by atoms with E-state index in [1.54, 1.807) is 13.3 Å². The fourth-order valence-corrected chi connectivity index (χ4v) is 0.405. The van der Waals surface area contributed by atoms with Crippen LogP contribution in [0.5, 0.6) is 0 Å². The van der Waals surface area contributed by atoms with Gasteiger partial charge in [0, 0.05) is 13.3 Å². The molecule has 0 aromatic heterocycles. The van der Waals surface area contributed by atoms with Crippen molar-refractivity contribution in [3.05, 3.63) is 11.8 Å². The molecule has 0 rings (SSSR count). The summed E-state index contributed by atoms with van der Waals surface area (Å²) < 4.78 is 0. The summed E-state index contributed by atoms with van der Waals surface area (Å²) in [5, 5.41) is 8.19. The fraction of sp³-hybridized carbons (Fsp3) is 0.333. The van der Waals surface area contributed by atoms with Gasteiger partial charge in [-0.25, -0.2) is 0 Å². The minimum Gasteiger partial charge on any atom is -0.404 e. The molecule has 48 valence electrons. The maximum atomic E-state index is 8.19. The van der Waals surface area contributed by atoms with Crippen molar-refractivity contribution in [3.63, 3.8) is 0 Å². The van der Waals surface area contributed by atoms with Crippen LogP contribution in [-0.4, -0.2) is 13.3 Å². The van der Waals surface area contributed by atoms with Gasteiger partial charge in [0.15, 0.2) is 0 Å². The lowest BCUT2D eigenvalue weighted by molar-refractivity contribution is 1.28. The van der Waals surface area contributed by atoms with Gasteiger partial charge in [-0.3, -0.25) is 4.99 Å². The Balaban J connectivity index is 3.89. The molecule has 0 amide bonds. The van der Waals surface area contributed by atoms with E-state index in [0.29, 0.717) is 6.42 Å². The summed E-state index contributed by atoms with van der Waals surface area (Å²) in [4.78, 5) is 3.70. The van der Waals surface area contributed by atoms with Crippen LogP contribution in [0, 0.1) is 11.3 Å². The standard InChI is InChI=1S/C6H9N3/c1-9-5-6(4-8)2-3-7/h4-5H,2,8H2,1H3/b6-4-,9-5?. The largest absolute Gasteiger partial charge is 0.404 e. The van der Waals surface area contributed by atoms with Crippen LogP contribution in [0.4, 0.5) is 0 Å². The van der Waals surface area contributed by atoms with Crippen LogP contribution >= 0.6 is 0 Å². The van der Waals surface area contributed by atoms with Crippen molar-refractivity contribution in [2.24, 2.45) is 10.7 Å². The highest BCUT2D eigenvalue weighted by Crippen LogP contribution is 1.91. The van der Waals surface area contributed by atoms with E-state index in [2.05, 4.69) is 4.99 Å². The van der Waals surface area contributed by atoms with Crippen molar-refractivity contribution >= 4 is 6.21 Å². The first-order valence-electron chi connectivity index (χ1n) is 2.55. The molecule has 0 aliphatic heterocycles. The van der Waals surface area contributed by atoms with Crippen LogP contribution in [0.2, 0.25) is 0 Å². The smallest absolute Gasteiger partial charge is 0.0670 e. The molecule has 0 fully saturated rings. The Morgan fingerprint density at radius 3 is 2.89 bits per heavy atom. The van der Waals surface area contributed by atoms with Gasteiger partial charge in [0.2, 0.25) is 0 Å².